The van der Waals surface area contributed by atoms with Crippen LogP contribution >= 0.6 is 0 Å². The van der Waals surface area contributed by atoms with E-state index in [1.807, 2.05) is 27.7 Å². The third-order valence-corrected chi connectivity index (χ3v) is 2.44. The fourth-order valence-corrected chi connectivity index (χ4v) is 1.23. The molecular formula is C15H33N3O2. The number of carbonyl (C=O) groups excluding carboxylic acids is 1. The molecular weight excluding hydrogens is 254 g/mol. The zero-order valence-electron chi connectivity index (χ0n) is 14.3. The molecule has 1 unspecified atom stereocenters. The average molecular weight is 287 g/mol. The third kappa shape index (κ3) is 10.7. The van der Waals surface area contributed by atoms with Gasteiger partial charge in [0.25, 0.3) is 0 Å². The number of Topliss-reactive ketones (excluding diaryl/α,β-unsaturated/α-hetero) is 1. The summed E-state index contributed by atoms with van der Waals surface area (Å²) in [6.45, 7) is 13.7. The van der Waals surface area contributed by atoms with Gasteiger partial charge in [-0.25, -0.2) is 0 Å². The van der Waals surface area contributed by atoms with Gasteiger partial charge >= 0.3 is 0 Å². The van der Waals surface area contributed by atoms with E-state index in [-0.39, 0.29) is 11.9 Å². The topological polar surface area (TPSA) is 91.0 Å². The zero-order chi connectivity index (χ0) is 15.3. The SMILES string of the molecule is CC.CC.CCC(C)c1nnc(CCCC(C)=O)o1.N. The molecule has 0 fully saturated rings. The predicted octanol–water partition coefficient (Wildman–Crippen LogP) is 4.71. The Morgan fingerprint density at radius 3 is 2.20 bits per heavy atom. The Kier molecular flexibility index (Phi) is 18.9. The van der Waals surface area contributed by atoms with Crippen LogP contribution in [0.4, 0.5) is 0 Å². The first-order chi connectivity index (χ1) is 9.13. The van der Waals surface area contributed by atoms with Crippen molar-refractivity contribution in [2.75, 3.05) is 0 Å². The Bertz CT molecular complexity index is 325. The van der Waals surface area contributed by atoms with Crippen molar-refractivity contribution >= 4 is 5.78 Å². The van der Waals surface area contributed by atoms with Gasteiger partial charge in [-0.2, -0.15) is 0 Å². The van der Waals surface area contributed by atoms with E-state index in [0.29, 0.717) is 30.5 Å². The fourth-order valence-electron chi connectivity index (χ4n) is 1.23. The van der Waals surface area contributed by atoms with Gasteiger partial charge in [0, 0.05) is 18.8 Å². The molecule has 20 heavy (non-hydrogen) atoms. The van der Waals surface area contributed by atoms with Crippen molar-refractivity contribution in [1.29, 1.82) is 0 Å². The van der Waals surface area contributed by atoms with Crippen molar-refractivity contribution in [2.45, 2.75) is 80.1 Å². The van der Waals surface area contributed by atoms with Crippen molar-refractivity contribution in [3.05, 3.63) is 11.8 Å². The lowest BCUT2D eigenvalue weighted by atomic mass is 10.1. The standard InChI is InChI=1S/C11H18N2O2.2C2H6.H3N/c1-4-8(2)11-13-12-10(15-11)7-5-6-9(3)14;2*1-2;/h8H,4-7H2,1-3H3;2*1-2H3;1H3. The maximum atomic E-state index is 10.7. The molecule has 1 atom stereocenters. The zero-order valence-corrected chi connectivity index (χ0v) is 14.3. The van der Waals surface area contributed by atoms with Crippen molar-refractivity contribution in [3.63, 3.8) is 0 Å². The smallest absolute Gasteiger partial charge is 0.219 e. The maximum Gasteiger partial charge on any atom is 0.219 e. The quantitative estimate of drug-likeness (QED) is 0.818. The molecule has 1 aromatic heterocycles. The van der Waals surface area contributed by atoms with Gasteiger partial charge in [-0.15, -0.1) is 10.2 Å². The average Bonchev–Trinajstić information content (AvgIpc) is 2.91. The third-order valence-electron chi connectivity index (χ3n) is 2.44. The molecule has 0 amide bonds. The van der Waals surface area contributed by atoms with Gasteiger partial charge in [-0.3, -0.25) is 0 Å². The predicted molar refractivity (Wildman–Crippen MR) is 84.3 cm³/mol. The first-order valence-electron chi connectivity index (χ1n) is 7.45. The summed E-state index contributed by atoms with van der Waals surface area (Å²) in [4.78, 5) is 10.7. The molecule has 120 valence electrons. The monoisotopic (exact) mass is 287 g/mol. The van der Waals surface area contributed by atoms with E-state index in [2.05, 4.69) is 24.0 Å². The number of hydrogen-bond donors (Lipinski definition) is 1. The van der Waals surface area contributed by atoms with Crippen LogP contribution in [0.15, 0.2) is 4.42 Å². The number of aromatic nitrogens is 2. The molecule has 3 N–H and O–H groups in total. The van der Waals surface area contributed by atoms with Gasteiger partial charge in [0.15, 0.2) is 0 Å². The minimum atomic E-state index is 0. The molecule has 0 spiro atoms. The summed E-state index contributed by atoms with van der Waals surface area (Å²) in [5.74, 6) is 1.87. The van der Waals surface area contributed by atoms with E-state index < -0.39 is 0 Å². The number of ketones is 1. The molecule has 0 saturated heterocycles. The first kappa shape index (κ1) is 23.8. The molecule has 0 bridgehead atoms. The molecule has 1 rings (SSSR count). The second kappa shape index (κ2) is 15.8. The molecule has 0 aliphatic rings. The van der Waals surface area contributed by atoms with Crippen LogP contribution in [0.1, 0.15) is 85.4 Å². The van der Waals surface area contributed by atoms with Crippen molar-refractivity contribution in [2.24, 2.45) is 0 Å². The number of rotatable bonds is 6. The summed E-state index contributed by atoms with van der Waals surface area (Å²) < 4.78 is 5.48. The van der Waals surface area contributed by atoms with Gasteiger partial charge < -0.3 is 15.4 Å². The van der Waals surface area contributed by atoms with E-state index in [1.54, 1.807) is 6.92 Å². The highest BCUT2D eigenvalue weighted by molar-refractivity contribution is 5.75. The summed E-state index contributed by atoms with van der Waals surface area (Å²) in [6, 6.07) is 0. The molecule has 1 heterocycles. The second-order valence-electron chi connectivity index (χ2n) is 3.90. The van der Waals surface area contributed by atoms with Crippen LogP contribution in [0, 0.1) is 0 Å². The summed E-state index contributed by atoms with van der Waals surface area (Å²) in [5, 5.41) is 7.94. The minimum Gasteiger partial charge on any atom is -0.425 e. The molecule has 5 heteroatoms. The molecule has 0 aliphatic carbocycles. The van der Waals surface area contributed by atoms with Crippen LogP contribution in [-0.2, 0) is 11.2 Å². The second-order valence-corrected chi connectivity index (χ2v) is 3.90. The van der Waals surface area contributed by atoms with E-state index in [1.165, 1.54) is 0 Å². The lowest BCUT2D eigenvalue weighted by Crippen LogP contribution is -1.92. The largest absolute Gasteiger partial charge is 0.425 e. The Hall–Kier alpha value is -1.23. The van der Waals surface area contributed by atoms with E-state index in [4.69, 9.17) is 4.42 Å². The Balaban J connectivity index is -0.000000529. The first-order valence-corrected chi connectivity index (χ1v) is 7.45. The highest BCUT2D eigenvalue weighted by Crippen LogP contribution is 2.17. The summed E-state index contributed by atoms with van der Waals surface area (Å²) >= 11 is 0. The molecule has 5 nitrogen and oxygen atoms in total. The Morgan fingerprint density at radius 1 is 1.20 bits per heavy atom. The van der Waals surface area contributed by atoms with Gasteiger partial charge in [0.05, 0.1) is 0 Å². The lowest BCUT2D eigenvalue weighted by molar-refractivity contribution is -0.117. The number of carbonyl (C=O) groups is 1. The van der Waals surface area contributed by atoms with Crippen LogP contribution in [0.3, 0.4) is 0 Å². The summed E-state index contributed by atoms with van der Waals surface area (Å²) in [6.07, 6.45) is 3.07. The van der Waals surface area contributed by atoms with Crippen LogP contribution in [0.5, 0.6) is 0 Å². The normalized spacial score (nSPS) is 10.2. The summed E-state index contributed by atoms with van der Waals surface area (Å²) in [7, 11) is 0. The van der Waals surface area contributed by atoms with E-state index in [0.717, 1.165) is 12.8 Å². The summed E-state index contributed by atoms with van der Waals surface area (Å²) in [5.41, 5.74) is 0. The fraction of sp³-hybridized carbons (Fsp3) is 0.800. The molecule has 0 saturated carbocycles. The van der Waals surface area contributed by atoms with Crippen molar-refractivity contribution in [1.82, 2.24) is 16.3 Å². The molecule has 0 radical (unpaired) electrons. The van der Waals surface area contributed by atoms with Crippen molar-refractivity contribution < 1.29 is 9.21 Å². The van der Waals surface area contributed by atoms with E-state index >= 15 is 0 Å². The van der Waals surface area contributed by atoms with Crippen molar-refractivity contribution in [3.8, 4) is 0 Å². The van der Waals surface area contributed by atoms with Gasteiger partial charge in [-0.05, 0) is 19.8 Å². The van der Waals surface area contributed by atoms with Gasteiger partial charge in [0.1, 0.15) is 5.78 Å². The molecule has 0 aliphatic heterocycles. The van der Waals surface area contributed by atoms with E-state index in [9.17, 15) is 4.79 Å². The number of hydrogen-bond acceptors (Lipinski definition) is 5. The number of aryl methyl sites for hydroxylation is 1. The minimum absolute atomic E-state index is 0. The highest BCUT2D eigenvalue weighted by atomic mass is 16.4. The molecule has 0 aromatic carbocycles. The molecule has 1 aromatic rings. The Labute approximate surface area is 124 Å². The maximum absolute atomic E-state index is 10.7. The van der Waals surface area contributed by atoms with Crippen LogP contribution < -0.4 is 6.15 Å². The number of nitrogens with zero attached hydrogens (tertiary/aromatic N) is 2. The van der Waals surface area contributed by atoms with Crippen LogP contribution in [-0.4, -0.2) is 16.0 Å². The Morgan fingerprint density at radius 2 is 1.75 bits per heavy atom. The van der Waals surface area contributed by atoms with Crippen LogP contribution in [0.25, 0.3) is 0 Å². The lowest BCUT2D eigenvalue weighted by Gasteiger charge is -1.99. The van der Waals surface area contributed by atoms with Gasteiger partial charge in [-0.1, -0.05) is 41.5 Å². The van der Waals surface area contributed by atoms with Gasteiger partial charge in [0.2, 0.25) is 11.8 Å². The van der Waals surface area contributed by atoms with Crippen LogP contribution in [0.2, 0.25) is 0 Å². The highest BCUT2D eigenvalue weighted by Gasteiger charge is 2.11.